The number of benzene rings is 1. The zero-order valence-corrected chi connectivity index (χ0v) is 29.3. The number of amides is 1. The van der Waals surface area contributed by atoms with E-state index in [-0.39, 0.29) is 11.9 Å². The van der Waals surface area contributed by atoms with Crippen LogP contribution in [0.2, 0.25) is 0 Å². The largest absolute Gasteiger partial charge is 0.494 e. The molecule has 17 heteroatoms. The van der Waals surface area contributed by atoms with E-state index in [1.807, 2.05) is 14.7 Å². The van der Waals surface area contributed by atoms with Crippen LogP contribution >= 0.6 is 24.0 Å². The number of nitrogens with zero attached hydrogens (tertiary/aromatic N) is 10. The predicted octanol–water partition coefficient (Wildman–Crippen LogP) is 3.22. The van der Waals surface area contributed by atoms with Gasteiger partial charge in [0.25, 0.3) is 6.43 Å². The number of methoxy groups -OCH3 is 1. The quantitative estimate of drug-likeness (QED) is 0.319. The molecule has 0 unspecified atom stereocenters. The van der Waals surface area contributed by atoms with E-state index in [0.29, 0.717) is 97.3 Å². The number of hydrogen-bond acceptors (Lipinski definition) is 12. The second-order valence-electron chi connectivity index (χ2n) is 12.7. The van der Waals surface area contributed by atoms with Crippen molar-refractivity contribution in [1.82, 2.24) is 39.2 Å². The fourth-order valence-corrected chi connectivity index (χ4v) is 8.26. The number of imidazole rings is 1. The molecule has 3 saturated heterocycles. The molecule has 1 aromatic carbocycles. The van der Waals surface area contributed by atoms with Crippen LogP contribution in [0, 0.1) is 0 Å². The summed E-state index contributed by atoms with van der Waals surface area (Å²) in [4.78, 5) is 42.1. The van der Waals surface area contributed by atoms with E-state index in [4.69, 9.17) is 31.7 Å². The Morgan fingerprint density at radius 1 is 0.898 bits per heavy atom. The molecule has 0 N–H and O–H groups in total. The van der Waals surface area contributed by atoms with Gasteiger partial charge >= 0.3 is 0 Å². The van der Waals surface area contributed by atoms with Crippen molar-refractivity contribution < 1.29 is 23.0 Å². The molecule has 5 heterocycles. The maximum absolute atomic E-state index is 14.4. The monoisotopic (exact) mass is 716 g/mol. The van der Waals surface area contributed by atoms with Gasteiger partial charge in [0.1, 0.15) is 15.6 Å². The third kappa shape index (κ3) is 7.39. The predicted molar refractivity (Wildman–Crippen MR) is 188 cm³/mol. The molecule has 49 heavy (non-hydrogen) atoms. The second-order valence-corrected chi connectivity index (χ2v) is 14.3. The Morgan fingerprint density at radius 2 is 1.53 bits per heavy atom. The number of carbonyl (C=O) groups is 1. The van der Waals surface area contributed by atoms with Crippen molar-refractivity contribution in [2.45, 2.75) is 38.2 Å². The highest BCUT2D eigenvalue weighted by atomic mass is 32.2. The van der Waals surface area contributed by atoms with Crippen molar-refractivity contribution in [2.24, 2.45) is 0 Å². The van der Waals surface area contributed by atoms with Gasteiger partial charge in [-0.05, 0) is 25.0 Å². The minimum atomic E-state index is -2.88. The summed E-state index contributed by atoms with van der Waals surface area (Å²) in [5, 5.41) is 0. The Morgan fingerprint density at radius 3 is 2.18 bits per heavy atom. The Balaban J connectivity index is 1.03. The number of halogens is 2. The molecule has 4 fully saturated rings. The number of rotatable bonds is 8. The van der Waals surface area contributed by atoms with Crippen molar-refractivity contribution >= 4 is 57.1 Å². The van der Waals surface area contributed by atoms with Gasteiger partial charge in [-0.15, -0.1) is 0 Å². The molecule has 4 aliphatic rings. The molecule has 0 bridgehead atoms. The fraction of sp³-hybridized carbons (Fsp3) is 0.625. The Hall–Kier alpha value is -3.41. The first-order valence-electron chi connectivity index (χ1n) is 17.0. The van der Waals surface area contributed by atoms with Crippen molar-refractivity contribution in [3.05, 3.63) is 24.0 Å². The number of para-hydroxylation sites is 1. The fourth-order valence-electron chi connectivity index (χ4n) is 7.10. The van der Waals surface area contributed by atoms with Crippen LogP contribution in [0.1, 0.15) is 37.9 Å². The first kappa shape index (κ1) is 34.1. The first-order chi connectivity index (χ1) is 23.9. The maximum atomic E-state index is 14.4. The molecule has 3 aromatic rings. The number of anilines is 2. The van der Waals surface area contributed by atoms with E-state index in [1.165, 1.54) is 49.1 Å². The summed E-state index contributed by atoms with van der Waals surface area (Å²) in [6, 6.07) is 5.80. The minimum absolute atomic E-state index is 0.0636. The second kappa shape index (κ2) is 15.2. The molecule has 13 nitrogen and oxygen atoms in total. The first-order valence-corrected chi connectivity index (χ1v) is 18.4. The standard InChI is InChI=1S/C32H42F2N10O3S2/c1-46-24-8-4-7-23-26(24)35-28(27(33)34)44(23)31-37-29(36-30(38-31)42-17-19-47-20-18-42)41-13-15-43(16-14-41)32(48)49-21-25(45)40-11-9-39(10-12-40)22-5-2-3-6-22/h4,7-8,22,27H,2-3,5-6,9-21H2,1H3. The molecule has 0 atom stereocenters. The lowest BCUT2D eigenvalue weighted by atomic mass is 10.2. The van der Waals surface area contributed by atoms with Gasteiger partial charge in [0, 0.05) is 71.5 Å². The van der Waals surface area contributed by atoms with Gasteiger partial charge in [0.05, 0.1) is 31.6 Å². The lowest BCUT2D eigenvalue weighted by Gasteiger charge is -2.38. The highest BCUT2D eigenvalue weighted by Crippen LogP contribution is 2.33. The van der Waals surface area contributed by atoms with Gasteiger partial charge in [-0.1, -0.05) is 42.9 Å². The van der Waals surface area contributed by atoms with E-state index in [0.717, 1.165) is 26.2 Å². The summed E-state index contributed by atoms with van der Waals surface area (Å²) >= 11 is 7.19. The number of alkyl halides is 2. The van der Waals surface area contributed by atoms with Crippen LogP contribution in [0.5, 0.6) is 5.75 Å². The van der Waals surface area contributed by atoms with Crippen LogP contribution in [0.3, 0.4) is 0 Å². The lowest BCUT2D eigenvalue weighted by Crippen LogP contribution is -2.52. The van der Waals surface area contributed by atoms with Crippen LogP contribution in [-0.4, -0.2) is 147 Å². The zero-order chi connectivity index (χ0) is 33.9. The van der Waals surface area contributed by atoms with Crippen LogP contribution in [-0.2, 0) is 9.53 Å². The van der Waals surface area contributed by atoms with E-state index < -0.39 is 12.2 Å². The number of thioether (sulfide) groups is 1. The van der Waals surface area contributed by atoms with E-state index >= 15 is 0 Å². The van der Waals surface area contributed by atoms with Gasteiger partial charge < -0.3 is 29.1 Å². The number of hydrogen-bond donors (Lipinski definition) is 0. The van der Waals surface area contributed by atoms with E-state index in [1.54, 1.807) is 18.2 Å². The molecule has 0 radical (unpaired) electrons. The summed E-state index contributed by atoms with van der Waals surface area (Å²) in [5.41, 5.74) is 0.719. The highest BCUT2D eigenvalue weighted by Gasteiger charge is 2.30. The van der Waals surface area contributed by atoms with Gasteiger partial charge in [0.2, 0.25) is 23.8 Å². The number of aromatic nitrogens is 5. The maximum Gasteiger partial charge on any atom is 0.296 e. The Bertz CT molecular complexity index is 1640. The summed E-state index contributed by atoms with van der Waals surface area (Å²) < 4.78 is 41.8. The van der Waals surface area contributed by atoms with Gasteiger partial charge in [-0.3, -0.25) is 14.3 Å². The zero-order valence-electron chi connectivity index (χ0n) is 27.7. The number of fused-ring (bicyclic) bond motifs is 1. The molecule has 1 amide bonds. The Kier molecular flexibility index (Phi) is 10.6. The molecule has 2 aromatic heterocycles. The van der Waals surface area contributed by atoms with Crippen LogP contribution in [0.4, 0.5) is 20.7 Å². The third-order valence-corrected chi connectivity index (χ3v) is 11.3. The molecule has 1 aliphatic carbocycles. The average Bonchev–Trinajstić information content (AvgIpc) is 3.83. The summed E-state index contributed by atoms with van der Waals surface area (Å²) in [6.45, 7) is 7.97. The summed E-state index contributed by atoms with van der Waals surface area (Å²) in [5.74, 6) is 1.23. The van der Waals surface area contributed by atoms with Crippen LogP contribution < -0.4 is 14.5 Å². The smallest absolute Gasteiger partial charge is 0.296 e. The van der Waals surface area contributed by atoms with Gasteiger partial charge in [-0.25, -0.2) is 13.8 Å². The van der Waals surface area contributed by atoms with E-state index in [9.17, 15) is 13.6 Å². The third-order valence-electron chi connectivity index (χ3n) is 9.83. The summed E-state index contributed by atoms with van der Waals surface area (Å²) in [7, 11) is 1.48. The molecule has 264 valence electrons. The average molecular weight is 717 g/mol. The van der Waals surface area contributed by atoms with Gasteiger partial charge in [0.15, 0.2) is 5.82 Å². The van der Waals surface area contributed by atoms with Crippen molar-refractivity contribution in [1.29, 1.82) is 0 Å². The number of ether oxygens (including phenoxy) is 2. The van der Waals surface area contributed by atoms with Crippen molar-refractivity contribution in [2.75, 3.05) is 101 Å². The Labute approximate surface area is 293 Å². The normalized spacial score (nSPS) is 19.8. The number of piperazine rings is 2. The van der Waals surface area contributed by atoms with Crippen molar-refractivity contribution in [3.8, 4) is 11.7 Å². The van der Waals surface area contributed by atoms with Crippen LogP contribution in [0.15, 0.2) is 18.2 Å². The molecular formula is C32H42F2N10O3S2. The summed E-state index contributed by atoms with van der Waals surface area (Å²) in [6.07, 6.45) is 2.33. The number of carbonyl (C=O) groups excluding carboxylic acids is 1. The van der Waals surface area contributed by atoms with Crippen LogP contribution in [0.25, 0.3) is 17.0 Å². The van der Waals surface area contributed by atoms with Gasteiger partial charge in [-0.2, -0.15) is 15.0 Å². The number of thiocarbonyl (C=S) groups is 1. The number of morpholine rings is 1. The van der Waals surface area contributed by atoms with E-state index in [2.05, 4.69) is 19.8 Å². The topological polar surface area (TPSA) is 108 Å². The molecule has 0 spiro atoms. The molecule has 3 aliphatic heterocycles. The SMILES string of the molecule is COc1cccc2c1nc(C(F)F)n2-c1nc(N2CCOCC2)nc(N2CCN(C(=S)SCC(=O)N3CCN(C4CCCC4)CC3)CC2)n1. The highest BCUT2D eigenvalue weighted by molar-refractivity contribution is 8.23. The molecule has 7 rings (SSSR count). The molecule has 1 saturated carbocycles. The molecular weight excluding hydrogens is 675 g/mol. The minimum Gasteiger partial charge on any atom is -0.494 e. The van der Waals surface area contributed by atoms with Crippen molar-refractivity contribution in [3.63, 3.8) is 0 Å². The lowest BCUT2D eigenvalue weighted by molar-refractivity contribution is -0.130.